The summed E-state index contributed by atoms with van der Waals surface area (Å²) in [5.74, 6) is -1.06. The average Bonchev–Trinajstić information content (AvgIpc) is 2.89. The zero-order chi connectivity index (χ0) is 15.4. The van der Waals surface area contributed by atoms with E-state index in [-0.39, 0.29) is 11.6 Å². The molecule has 0 unspecified atom stereocenters. The van der Waals surface area contributed by atoms with Gasteiger partial charge in [-0.3, -0.25) is 4.90 Å². The second kappa shape index (κ2) is 6.73. The van der Waals surface area contributed by atoms with Crippen molar-refractivity contribution in [3.8, 4) is 0 Å². The minimum Gasteiger partial charge on any atom is -0.478 e. The Morgan fingerprint density at radius 2 is 2.10 bits per heavy atom. The van der Waals surface area contributed by atoms with Crippen molar-refractivity contribution in [1.82, 2.24) is 5.32 Å². The molecular weight excluding hydrogens is 356 g/mol. The number of benzene rings is 1. The van der Waals surface area contributed by atoms with Crippen LogP contribution in [0.4, 0.5) is 10.5 Å². The largest absolute Gasteiger partial charge is 0.478 e. The predicted molar refractivity (Wildman–Crippen MR) is 86.1 cm³/mol. The number of rotatable bonds is 4. The molecule has 110 valence electrons. The van der Waals surface area contributed by atoms with Crippen molar-refractivity contribution < 1.29 is 14.7 Å². The Bertz CT molecular complexity index is 672. The maximum atomic E-state index is 12.1. The highest BCUT2D eigenvalue weighted by Crippen LogP contribution is 2.21. The molecule has 1 aromatic heterocycles. The number of aromatic carboxylic acids is 1. The van der Waals surface area contributed by atoms with Crippen LogP contribution in [-0.4, -0.2) is 24.2 Å². The van der Waals surface area contributed by atoms with Gasteiger partial charge in [0.15, 0.2) is 0 Å². The van der Waals surface area contributed by atoms with E-state index >= 15 is 0 Å². The molecule has 7 heteroatoms. The van der Waals surface area contributed by atoms with E-state index in [2.05, 4.69) is 21.2 Å². The number of thiophene rings is 1. The molecule has 0 saturated heterocycles. The lowest BCUT2D eigenvalue weighted by Gasteiger charge is -2.19. The highest BCUT2D eigenvalue weighted by Gasteiger charge is 2.17. The third-order valence-electron chi connectivity index (χ3n) is 2.84. The molecule has 5 nitrogen and oxygen atoms in total. The fourth-order valence-electron chi connectivity index (χ4n) is 1.78. The predicted octanol–water partition coefficient (Wildman–Crippen LogP) is 3.55. The van der Waals surface area contributed by atoms with E-state index in [4.69, 9.17) is 5.11 Å². The SMILES string of the molecule is CN(C(=O)NCc1cc(Br)cs1)c1ccccc1C(=O)O. The summed E-state index contributed by atoms with van der Waals surface area (Å²) in [6.45, 7) is 0.397. The minimum absolute atomic E-state index is 0.0917. The molecule has 0 bridgehead atoms. The summed E-state index contributed by atoms with van der Waals surface area (Å²) < 4.78 is 0.973. The van der Waals surface area contributed by atoms with Crippen LogP contribution < -0.4 is 10.2 Å². The van der Waals surface area contributed by atoms with Crippen molar-refractivity contribution in [3.05, 3.63) is 50.6 Å². The molecule has 2 N–H and O–H groups in total. The Labute approximate surface area is 134 Å². The number of hydrogen-bond acceptors (Lipinski definition) is 3. The van der Waals surface area contributed by atoms with Crippen LogP contribution >= 0.6 is 27.3 Å². The maximum absolute atomic E-state index is 12.1. The standard InChI is InChI=1S/C14H13BrN2O3S/c1-17(12-5-3-2-4-11(12)13(18)19)14(20)16-7-10-6-9(15)8-21-10/h2-6,8H,7H2,1H3,(H,16,20)(H,18,19). The molecule has 1 aromatic carbocycles. The number of carbonyl (C=O) groups is 2. The van der Waals surface area contributed by atoms with Gasteiger partial charge in [-0.25, -0.2) is 9.59 Å². The van der Waals surface area contributed by atoms with Gasteiger partial charge < -0.3 is 10.4 Å². The number of nitrogens with one attached hydrogen (secondary N) is 1. The Hall–Kier alpha value is -1.86. The lowest BCUT2D eigenvalue weighted by atomic mass is 10.1. The number of carboxylic acids is 1. The number of hydrogen-bond donors (Lipinski definition) is 2. The molecule has 21 heavy (non-hydrogen) atoms. The zero-order valence-corrected chi connectivity index (χ0v) is 13.6. The number of para-hydroxylation sites is 1. The first-order chi connectivity index (χ1) is 9.99. The summed E-state index contributed by atoms with van der Waals surface area (Å²) in [6, 6.07) is 7.97. The second-order valence-corrected chi connectivity index (χ2v) is 6.18. The number of amides is 2. The van der Waals surface area contributed by atoms with Gasteiger partial charge in [-0.1, -0.05) is 12.1 Å². The molecule has 0 atom stereocenters. The van der Waals surface area contributed by atoms with Crippen LogP contribution in [0, 0.1) is 0 Å². The van der Waals surface area contributed by atoms with Crippen LogP contribution in [-0.2, 0) is 6.54 Å². The summed E-state index contributed by atoms with van der Waals surface area (Å²) in [5.41, 5.74) is 0.448. The highest BCUT2D eigenvalue weighted by atomic mass is 79.9. The molecule has 0 saturated carbocycles. The number of carboxylic acid groups (broad SMARTS) is 1. The fourth-order valence-corrected chi connectivity index (χ4v) is 3.17. The Balaban J connectivity index is 2.07. The molecule has 0 aliphatic heterocycles. The van der Waals surface area contributed by atoms with Gasteiger partial charge >= 0.3 is 12.0 Å². The number of anilines is 1. The van der Waals surface area contributed by atoms with Gasteiger partial charge in [0.05, 0.1) is 17.8 Å². The molecule has 0 aliphatic carbocycles. The molecular formula is C14H13BrN2O3S. The van der Waals surface area contributed by atoms with Crippen molar-refractivity contribution in [2.24, 2.45) is 0 Å². The van der Waals surface area contributed by atoms with Gasteiger partial charge in [-0.15, -0.1) is 11.3 Å². The van der Waals surface area contributed by atoms with Gasteiger partial charge in [0, 0.05) is 21.8 Å². The van der Waals surface area contributed by atoms with E-state index < -0.39 is 5.97 Å². The Morgan fingerprint density at radius 3 is 2.71 bits per heavy atom. The average molecular weight is 369 g/mol. The van der Waals surface area contributed by atoms with Gasteiger partial charge in [-0.2, -0.15) is 0 Å². The molecule has 0 aliphatic rings. The van der Waals surface area contributed by atoms with E-state index in [9.17, 15) is 9.59 Å². The van der Waals surface area contributed by atoms with E-state index in [0.717, 1.165) is 9.35 Å². The van der Waals surface area contributed by atoms with E-state index in [0.29, 0.717) is 12.2 Å². The Morgan fingerprint density at radius 1 is 1.38 bits per heavy atom. The third-order valence-corrected chi connectivity index (χ3v) is 4.53. The lowest BCUT2D eigenvalue weighted by Crippen LogP contribution is -2.37. The second-order valence-electron chi connectivity index (χ2n) is 4.27. The summed E-state index contributed by atoms with van der Waals surface area (Å²) in [5, 5.41) is 13.8. The van der Waals surface area contributed by atoms with Crippen molar-refractivity contribution in [2.75, 3.05) is 11.9 Å². The topological polar surface area (TPSA) is 69.6 Å². The molecule has 2 aromatic rings. The number of nitrogens with zero attached hydrogens (tertiary/aromatic N) is 1. The van der Waals surface area contributed by atoms with E-state index in [1.54, 1.807) is 25.2 Å². The molecule has 2 amide bonds. The summed E-state index contributed by atoms with van der Waals surface area (Å²) in [7, 11) is 1.54. The van der Waals surface area contributed by atoms with Crippen LogP contribution in [0.2, 0.25) is 0 Å². The van der Waals surface area contributed by atoms with Gasteiger partial charge in [-0.05, 0) is 34.1 Å². The van der Waals surface area contributed by atoms with Gasteiger partial charge in [0.2, 0.25) is 0 Å². The third kappa shape index (κ3) is 3.83. The van der Waals surface area contributed by atoms with E-state index in [1.165, 1.54) is 22.3 Å². The Kier molecular flexibility index (Phi) is 4.98. The van der Waals surface area contributed by atoms with Crippen molar-refractivity contribution in [2.45, 2.75) is 6.54 Å². The number of carbonyl (C=O) groups excluding carboxylic acids is 1. The normalized spacial score (nSPS) is 10.2. The summed E-state index contributed by atoms with van der Waals surface area (Å²) >= 11 is 4.89. The van der Waals surface area contributed by atoms with E-state index in [1.807, 2.05) is 11.4 Å². The first-order valence-electron chi connectivity index (χ1n) is 6.06. The molecule has 0 fully saturated rings. The van der Waals surface area contributed by atoms with Crippen molar-refractivity contribution >= 4 is 45.0 Å². The first-order valence-corrected chi connectivity index (χ1v) is 7.73. The lowest BCUT2D eigenvalue weighted by molar-refractivity contribution is 0.0697. The highest BCUT2D eigenvalue weighted by molar-refractivity contribution is 9.10. The summed E-state index contributed by atoms with van der Waals surface area (Å²) in [4.78, 5) is 25.6. The zero-order valence-electron chi connectivity index (χ0n) is 11.2. The van der Waals surface area contributed by atoms with Crippen molar-refractivity contribution in [3.63, 3.8) is 0 Å². The number of urea groups is 1. The van der Waals surface area contributed by atoms with Crippen LogP contribution in [0.3, 0.4) is 0 Å². The van der Waals surface area contributed by atoms with Crippen LogP contribution in [0.1, 0.15) is 15.2 Å². The van der Waals surface area contributed by atoms with Gasteiger partial charge in [0.25, 0.3) is 0 Å². The van der Waals surface area contributed by atoms with Crippen LogP contribution in [0.25, 0.3) is 0 Å². The molecule has 0 radical (unpaired) electrons. The minimum atomic E-state index is -1.06. The fraction of sp³-hybridized carbons (Fsp3) is 0.143. The van der Waals surface area contributed by atoms with Crippen LogP contribution in [0.15, 0.2) is 40.2 Å². The van der Waals surface area contributed by atoms with Crippen molar-refractivity contribution in [1.29, 1.82) is 0 Å². The molecule has 0 spiro atoms. The van der Waals surface area contributed by atoms with Crippen LogP contribution in [0.5, 0.6) is 0 Å². The number of halogens is 1. The first kappa shape index (κ1) is 15.5. The van der Waals surface area contributed by atoms with Gasteiger partial charge in [0.1, 0.15) is 0 Å². The summed E-state index contributed by atoms with van der Waals surface area (Å²) in [6.07, 6.45) is 0. The maximum Gasteiger partial charge on any atom is 0.337 e. The molecule has 2 rings (SSSR count). The monoisotopic (exact) mass is 368 g/mol. The molecule has 1 heterocycles. The quantitative estimate of drug-likeness (QED) is 0.866. The smallest absolute Gasteiger partial charge is 0.337 e.